The topological polar surface area (TPSA) is 149 Å². The van der Waals surface area contributed by atoms with E-state index in [2.05, 4.69) is 15.3 Å². The maximum atomic E-state index is 15.9. The molecule has 7 rings (SSSR count). The third-order valence-electron chi connectivity index (χ3n) is 9.84. The van der Waals surface area contributed by atoms with E-state index in [4.69, 9.17) is 29.4 Å². The fraction of sp³-hybridized carbons (Fsp3) is 0.333. The second-order valence-corrected chi connectivity index (χ2v) is 13.8. The first kappa shape index (κ1) is 37.7. The Morgan fingerprint density at radius 2 is 1.78 bits per heavy atom. The number of amides is 1. The molecule has 0 unspecified atom stereocenters. The first-order valence-corrected chi connectivity index (χ1v) is 18.4. The Labute approximate surface area is 318 Å². The van der Waals surface area contributed by atoms with Crippen molar-refractivity contribution in [3.8, 4) is 45.0 Å². The number of ether oxygens (including phenoxy) is 5. The molecule has 12 nitrogen and oxygen atoms in total. The predicted octanol–water partition coefficient (Wildman–Crippen LogP) is 6.54. The van der Waals surface area contributed by atoms with E-state index < -0.39 is 17.2 Å². The molecule has 0 saturated carbocycles. The number of nitrogens with one attached hydrogen (secondary N) is 1. The van der Waals surface area contributed by atoms with Crippen LogP contribution in [0.4, 0.5) is 15.9 Å². The lowest BCUT2D eigenvalue weighted by Gasteiger charge is -2.23. The van der Waals surface area contributed by atoms with Gasteiger partial charge in [-0.1, -0.05) is 12.1 Å². The molecule has 2 aromatic carbocycles. The van der Waals surface area contributed by atoms with Gasteiger partial charge in [-0.15, -0.1) is 0 Å². The summed E-state index contributed by atoms with van der Waals surface area (Å²) in [5.74, 6) is 0.272. The Hall–Kier alpha value is -5.63. The Kier molecular flexibility index (Phi) is 11.8. The van der Waals surface area contributed by atoms with Crippen molar-refractivity contribution in [1.29, 1.82) is 0 Å². The van der Waals surface area contributed by atoms with Crippen molar-refractivity contribution < 1.29 is 32.9 Å². The van der Waals surface area contributed by atoms with Crippen LogP contribution in [0.2, 0.25) is 0 Å². The second kappa shape index (κ2) is 17.2. The van der Waals surface area contributed by atoms with Crippen LogP contribution in [-0.4, -0.2) is 73.3 Å². The summed E-state index contributed by atoms with van der Waals surface area (Å²) >= 11 is 0. The zero-order valence-electron chi connectivity index (χ0n) is 30.9. The number of hydrogen-bond donors (Lipinski definition) is 2. The highest BCUT2D eigenvalue weighted by Crippen LogP contribution is 2.36. The van der Waals surface area contributed by atoms with Crippen LogP contribution in [0.15, 0.2) is 84.2 Å². The fourth-order valence-corrected chi connectivity index (χ4v) is 6.76. The van der Waals surface area contributed by atoms with E-state index in [1.807, 2.05) is 35.8 Å². The number of carbonyl (C=O) groups is 1. The lowest BCUT2D eigenvalue weighted by molar-refractivity contribution is -0.0935. The minimum atomic E-state index is -0.660. The highest BCUT2D eigenvalue weighted by molar-refractivity contribution is 6.04. The van der Waals surface area contributed by atoms with Gasteiger partial charge in [-0.3, -0.25) is 14.6 Å². The summed E-state index contributed by atoms with van der Waals surface area (Å²) in [4.78, 5) is 36.2. The number of halogens is 1. The van der Waals surface area contributed by atoms with Crippen LogP contribution in [0, 0.1) is 18.7 Å². The Morgan fingerprint density at radius 1 is 0.927 bits per heavy atom. The van der Waals surface area contributed by atoms with E-state index in [0.29, 0.717) is 92.4 Å². The van der Waals surface area contributed by atoms with Crippen molar-refractivity contribution in [2.45, 2.75) is 38.8 Å². The highest BCUT2D eigenvalue weighted by Gasteiger charge is 2.21. The summed E-state index contributed by atoms with van der Waals surface area (Å²) < 4.78 is 46.0. The predicted molar refractivity (Wildman–Crippen MR) is 207 cm³/mol. The van der Waals surface area contributed by atoms with Crippen molar-refractivity contribution >= 4 is 17.4 Å². The van der Waals surface area contributed by atoms with E-state index >= 15 is 4.39 Å². The van der Waals surface area contributed by atoms with Gasteiger partial charge in [0.2, 0.25) is 5.43 Å². The summed E-state index contributed by atoms with van der Waals surface area (Å²) in [6, 6.07) is 15.2. The number of aryl methyl sites for hydroxylation is 1. The van der Waals surface area contributed by atoms with Crippen LogP contribution in [0.25, 0.3) is 33.5 Å². The van der Waals surface area contributed by atoms with E-state index in [0.717, 1.165) is 24.0 Å². The Morgan fingerprint density at radius 3 is 2.53 bits per heavy atom. The number of benzene rings is 2. The quantitative estimate of drug-likeness (QED) is 0.144. The largest absolute Gasteiger partial charge is 0.493 e. The molecule has 0 bridgehead atoms. The first-order chi connectivity index (χ1) is 26.7. The van der Waals surface area contributed by atoms with Gasteiger partial charge < -0.3 is 39.3 Å². The number of hydrogen-bond acceptors (Lipinski definition) is 10. The van der Waals surface area contributed by atoms with Crippen LogP contribution < -0.4 is 26.0 Å². The molecule has 3 N–H and O–H groups in total. The molecule has 1 amide bonds. The molecular formula is C42H44FN5O7. The van der Waals surface area contributed by atoms with Crippen molar-refractivity contribution in [2.75, 3.05) is 57.8 Å². The average molecular weight is 750 g/mol. The van der Waals surface area contributed by atoms with Crippen LogP contribution in [-0.2, 0) is 20.8 Å². The van der Waals surface area contributed by atoms with Gasteiger partial charge in [-0.2, -0.15) is 0 Å². The lowest BCUT2D eigenvalue weighted by atomic mass is 9.99. The number of nitrogen functional groups attached to an aromatic ring is 1. The second-order valence-electron chi connectivity index (χ2n) is 13.8. The maximum absolute atomic E-state index is 15.9. The van der Waals surface area contributed by atoms with E-state index in [-0.39, 0.29) is 28.7 Å². The molecule has 286 valence electrons. The van der Waals surface area contributed by atoms with Gasteiger partial charge in [0.15, 0.2) is 11.5 Å². The van der Waals surface area contributed by atoms with Gasteiger partial charge in [0.25, 0.3) is 5.91 Å². The molecule has 2 aliphatic heterocycles. The molecule has 0 aliphatic carbocycles. The smallest absolute Gasteiger partial charge is 0.261 e. The third kappa shape index (κ3) is 9.02. The molecular weight excluding hydrogens is 705 g/mol. The van der Waals surface area contributed by atoms with Crippen LogP contribution in [0.1, 0.15) is 35.2 Å². The summed E-state index contributed by atoms with van der Waals surface area (Å²) in [5, 5.41) is 2.72. The van der Waals surface area contributed by atoms with Crippen molar-refractivity contribution in [3.63, 3.8) is 0 Å². The number of anilines is 2. The molecule has 3 aromatic heterocycles. The van der Waals surface area contributed by atoms with E-state index in [1.54, 1.807) is 50.1 Å². The number of nitrogens with two attached hydrogens (primary N) is 1. The molecule has 55 heavy (non-hydrogen) atoms. The van der Waals surface area contributed by atoms with Gasteiger partial charge in [0.05, 0.1) is 50.9 Å². The number of pyridine rings is 3. The lowest BCUT2D eigenvalue weighted by Crippen LogP contribution is -2.29. The number of nitrogens with zero attached hydrogens (tertiary/aromatic N) is 3. The average Bonchev–Trinajstić information content (AvgIpc) is 3.20. The van der Waals surface area contributed by atoms with Gasteiger partial charge >= 0.3 is 0 Å². The van der Waals surface area contributed by atoms with Gasteiger partial charge in [0.1, 0.15) is 17.2 Å². The Balaban J connectivity index is 1.10. The Bertz CT molecular complexity index is 2200. The monoisotopic (exact) mass is 749 g/mol. The minimum absolute atomic E-state index is 0.00602. The summed E-state index contributed by atoms with van der Waals surface area (Å²) in [6.07, 6.45) is 9.02. The molecule has 13 heteroatoms. The number of aromatic nitrogens is 3. The van der Waals surface area contributed by atoms with Crippen molar-refractivity contribution in [1.82, 2.24) is 14.5 Å². The molecule has 1 atom stereocenters. The number of methoxy groups -OCH3 is 1. The molecule has 2 saturated heterocycles. The summed E-state index contributed by atoms with van der Waals surface area (Å²) in [6.45, 7) is 6.02. The first-order valence-electron chi connectivity index (χ1n) is 18.4. The SMILES string of the molecule is COc1cc(-c2cnc(N)c(-c3ccc(NC(=O)c4cn(CC5CCOCC5)cc(-c5ccc(C)cn5)c4=O)cc3F)c2)ccc1OCC[C@H]1COCCO1. The minimum Gasteiger partial charge on any atom is -0.493 e. The van der Waals surface area contributed by atoms with Gasteiger partial charge in [-0.05, 0) is 79.3 Å². The maximum Gasteiger partial charge on any atom is 0.261 e. The van der Waals surface area contributed by atoms with E-state index in [1.165, 1.54) is 12.1 Å². The van der Waals surface area contributed by atoms with Crippen molar-refractivity contribution in [3.05, 3.63) is 107 Å². The molecule has 5 aromatic rings. The molecule has 2 aliphatic rings. The summed E-state index contributed by atoms with van der Waals surface area (Å²) in [5.41, 5.74) is 9.63. The highest BCUT2D eigenvalue weighted by atomic mass is 19.1. The number of carbonyl (C=O) groups excluding carboxylic acids is 1. The molecule has 5 heterocycles. The fourth-order valence-electron chi connectivity index (χ4n) is 6.76. The zero-order valence-corrected chi connectivity index (χ0v) is 30.9. The van der Waals surface area contributed by atoms with Crippen molar-refractivity contribution in [2.24, 2.45) is 5.92 Å². The molecule has 0 spiro atoms. The summed E-state index contributed by atoms with van der Waals surface area (Å²) in [7, 11) is 1.56. The van der Waals surface area contributed by atoms with Crippen LogP contribution in [0.5, 0.6) is 11.5 Å². The standard InChI is InChI=1S/C42H44FN5O7/c1-26-3-7-37(45-20-26)34-23-48(22-27-9-12-52-13-10-27)24-35(40(34)49)42(50)47-30-5-6-32(36(43)19-30)33-17-29(21-46-41(33)44)28-4-8-38(39(18-28)51-2)55-14-11-31-25-53-15-16-54-31/h3-8,17-21,23-24,27,31H,9-16,22,25H2,1-2H3,(H2,44,46)(H,47,50)/t31-/m0/s1. The van der Waals surface area contributed by atoms with Crippen LogP contribution >= 0.6 is 0 Å². The number of rotatable bonds is 12. The third-order valence-corrected chi connectivity index (χ3v) is 9.84. The molecule has 0 radical (unpaired) electrons. The van der Waals surface area contributed by atoms with Gasteiger partial charge in [0, 0.05) is 73.3 Å². The van der Waals surface area contributed by atoms with Crippen LogP contribution in [0.3, 0.4) is 0 Å². The van der Waals surface area contributed by atoms with E-state index in [9.17, 15) is 9.59 Å². The van der Waals surface area contributed by atoms with Gasteiger partial charge in [-0.25, -0.2) is 9.37 Å². The zero-order chi connectivity index (χ0) is 38.3. The normalized spacial score (nSPS) is 16.1. The molecule has 2 fully saturated rings.